The van der Waals surface area contributed by atoms with Crippen LogP contribution in [-0.4, -0.2) is 56.5 Å². The molecule has 4 N–H and O–H groups in total. The van der Waals surface area contributed by atoms with Crippen LogP contribution < -0.4 is 5.56 Å². The maximum Gasteiger partial charge on any atom is 0.359 e. The Morgan fingerprint density at radius 1 is 1.39 bits per heavy atom. The van der Waals surface area contributed by atoms with Crippen molar-refractivity contribution in [3.05, 3.63) is 33.5 Å². The molecule has 1 aliphatic rings. The second kappa shape index (κ2) is 10.4. The maximum absolute atomic E-state index is 14.7. The Labute approximate surface area is 192 Å². The number of hydrogen-bond donors (Lipinski definition) is 4. The van der Waals surface area contributed by atoms with E-state index in [9.17, 15) is 28.9 Å². The third kappa shape index (κ3) is 5.75. The van der Waals surface area contributed by atoms with E-state index in [4.69, 9.17) is 20.4 Å². The van der Waals surface area contributed by atoms with E-state index >= 15 is 0 Å². The highest BCUT2D eigenvalue weighted by Gasteiger charge is 2.52. The molecule has 7 atom stereocenters. The number of halogens is 1. The van der Waals surface area contributed by atoms with Gasteiger partial charge in [-0.15, -0.1) is 6.42 Å². The Kier molecular flexibility index (Phi) is 8.69. The Hall–Kier alpha value is -1.57. The lowest BCUT2D eigenvalue weighted by Gasteiger charge is -2.38. The molecule has 33 heavy (non-hydrogen) atoms. The number of hydrogen-bond acceptors (Lipinski definition) is 7. The first-order valence-corrected chi connectivity index (χ1v) is 12.3. The number of H-pyrrole nitrogens is 1. The summed E-state index contributed by atoms with van der Waals surface area (Å²) in [5.41, 5.74) is -2.26. The molecule has 0 saturated carbocycles. The van der Waals surface area contributed by atoms with Crippen LogP contribution >= 0.6 is 7.60 Å². The number of ether oxygens (including phenoxy) is 2. The zero-order valence-corrected chi connectivity index (χ0v) is 20.4. The van der Waals surface area contributed by atoms with E-state index in [2.05, 4.69) is 10.9 Å². The van der Waals surface area contributed by atoms with Crippen molar-refractivity contribution in [2.45, 2.75) is 88.7 Å². The second-order valence-electron chi connectivity index (χ2n) is 8.79. The number of rotatable bonds is 10. The lowest BCUT2D eigenvalue weighted by atomic mass is 9.90. The van der Waals surface area contributed by atoms with E-state index in [1.165, 1.54) is 14.0 Å². The normalized spacial score (nSPS) is 28.5. The van der Waals surface area contributed by atoms with Gasteiger partial charge in [0.2, 0.25) is 0 Å². The van der Waals surface area contributed by atoms with Crippen molar-refractivity contribution >= 4 is 7.60 Å². The average Bonchev–Trinajstić information content (AvgIpc) is 3.01. The van der Waals surface area contributed by atoms with Crippen molar-refractivity contribution in [3.63, 3.8) is 0 Å². The minimum absolute atomic E-state index is 0.0142. The molecule has 1 saturated heterocycles. The quantitative estimate of drug-likeness (QED) is 0.291. The number of aromatic amines is 1. The van der Waals surface area contributed by atoms with Gasteiger partial charge in [-0.2, -0.15) is 0 Å². The van der Waals surface area contributed by atoms with E-state index in [0.29, 0.717) is 12.8 Å². The smallest absolute Gasteiger partial charge is 0.359 e. The summed E-state index contributed by atoms with van der Waals surface area (Å²) in [7, 11) is -3.17. The molecule has 11 heteroatoms. The molecular weight excluding hydrogens is 456 g/mol. The largest absolute Gasteiger partial charge is 0.388 e. The molecule has 2 rings (SSSR count). The third-order valence-electron chi connectivity index (χ3n) is 6.11. The number of nitrogens with one attached hydrogen (secondary N) is 1. The van der Waals surface area contributed by atoms with Gasteiger partial charge in [0.15, 0.2) is 5.34 Å². The van der Waals surface area contributed by atoms with Crippen molar-refractivity contribution < 1.29 is 38.1 Å². The molecule has 0 aromatic carbocycles. The van der Waals surface area contributed by atoms with Gasteiger partial charge in [-0.05, 0) is 26.7 Å². The van der Waals surface area contributed by atoms with Gasteiger partial charge in [0.05, 0.1) is 17.3 Å². The first kappa shape index (κ1) is 27.7. The van der Waals surface area contributed by atoms with Crippen molar-refractivity contribution in [2.75, 3.05) is 7.11 Å². The lowest BCUT2D eigenvalue weighted by molar-refractivity contribution is -0.0554. The van der Waals surface area contributed by atoms with Crippen LogP contribution in [0.3, 0.4) is 0 Å². The number of aliphatic hydroxyl groups is 2. The van der Waals surface area contributed by atoms with Crippen molar-refractivity contribution in [2.24, 2.45) is 0 Å². The maximum atomic E-state index is 14.7. The van der Waals surface area contributed by atoms with Gasteiger partial charge in [-0.1, -0.05) is 26.2 Å². The minimum atomic E-state index is -4.48. The fourth-order valence-electron chi connectivity index (χ4n) is 4.07. The highest BCUT2D eigenvalue weighted by molar-refractivity contribution is 7.54. The molecule has 1 aromatic rings. The molecule has 9 nitrogen and oxygen atoms in total. The number of pyridine rings is 1. The fourth-order valence-corrected chi connectivity index (χ4v) is 5.43. The average molecular weight is 489 g/mol. The first-order chi connectivity index (χ1) is 15.3. The predicted octanol–water partition coefficient (Wildman–Crippen LogP) is 2.58. The third-order valence-corrected chi connectivity index (χ3v) is 8.33. The van der Waals surface area contributed by atoms with Gasteiger partial charge < -0.3 is 34.1 Å². The topological polar surface area (TPSA) is 138 Å². The summed E-state index contributed by atoms with van der Waals surface area (Å²) in [6, 6.07) is 0.727. The zero-order chi connectivity index (χ0) is 25.2. The molecule has 1 fully saturated rings. The SMILES string of the molecule is C#Cc1[nH]c(=O)cc(F)c1[C@@H]1O[C@H](CC(C)(CCC)OP(=O)(O)C(C)(O)CC)C(O)[C@@H]1OC. The summed E-state index contributed by atoms with van der Waals surface area (Å²) in [5, 5.41) is 19.3. The number of terminal acetylenes is 1. The lowest BCUT2D eigenvalue weighted by Crippen LogP contribution is -2.40. The van der Waals surface area contributed by atoms with Gasteiger partial charge >= 0.3 is 7.60 Å². The van der Waals surface area contributed by atoms with E-state index in [1.807, 2.05) is 6.92 Å². The molecule has 1 aliphatic heterocycles. The number of aliphatic hydroxyl groups excluding tert-OH is 1. The highest BCUT2D eigenvalue weighted by Crippen LogP contribution is 2.59. The Morgan fingerprint density at radius 2 is 2.03 bits per heavy atom. The molecule has 0 amide bonds. The zero-order valence-electron chi connectivity index (χ0n) is 19.5. The summed E-state index contributed by atoms with van der Waals surface area (Å²) in [6.07, 6.45) is 1.81. The van der Waals surface area contributed by atoms with Crippen molar-refractivity contribution in [1.29, 1.82) is 0 Å². The molecule has 2 heterocycles. The number of methoxy groups -OCH3 is 1. The Balaban J connectivity index is 2.40. The van der Waals surface area contributed by atoms with Crippen LogP contribution in [0.25, 0.3) is 0 Å². The standard InChI is InChI=1S/C22H33FNO8P/c1-7-10-21(4,32-33(28,29)22(5,27)9-3)12-15-18(26)20(30-6)19(31-15)17-13(23)11-16(25)24-14(17)8-2/h2,11,15,18-20,26-27H,7,9-10,12H2,1,3-6H3,(H,24,25)(H,28,29)/t15-,18?,19+,20+,21?,22?/m1/s1. The summed E-state index contributed by atoms with van der Waals surface area (Å²) in [5.74, 6) is 1.31. The van der Waals surface area contributed by atoms with Gasteiger partial charge in [0.25, 0.3) is 5.56 Å². The predicted molar refractivity (Wildman–Crippen MR) is 119 cm³/mol. The van der Waals surface area contributed by atoms with Crippen molar-refractivity contribution in [1.82, 2.24) is 4.98 Å². The molecule has 0 radical (unpaired) electrons. The fraction of sp³-hybridized carbons (Fsp3) is 0.682. The number of aromatic nitrogens is 1. The molecule has 4 unspecified atom stereocenters. The van der Waals surface area contributed by atoms with Crippen LogP contribution in [0.1, 0.15) is 70.7 Å². The van der Waals surface area contributed by atoms with Crippen LogP contribution in [-0.2, 0) is 18.6 Å². The van der Waals surface area contributed by atoms with Crippen LogP contribution in [0.15, 0.2) is 10.9 Å². The highest BCUT2D eigenvalue weighted by atomic mass is 31.2. The van der Waals surface area contributed by atoms with E-state index in [1.54, 1.807) is 13.8 Å². The molecule has 1 aromatic heterocycles. The second-order valence-corrected chi connectivity index (χ2v) is 11.0. The summed E-state index contributed by atoms with van der Waals surface area (Å²) in [4.78, 5) is 24.4. The monoisotopic (exact) mass is 489 g/mol. The van der Waals surface area contributed by atoms with Crippen molar-refractivity contribution in [3.8, 4) is 12.3 Å². The van der Waals surface area contributed by atoms with Gasteiger partial charge in [0.1, 0.15) is 29.8 Å². The Morgan fingerprint density at radius 3 is 2.55 bits per heavy atom. The van der Waals surface area contributed by atoms with Gasteiger partial charge in [-0.25, -0.2) is 4.39 Å². The van der Waals surface area contributed by atoms with Gasteiger partial charge in [-0.3, -0.25) is 9.36 Å². The van der Waals surface area contributed by atoms with Crippen LogP contribution in [0.5, 0.6) is 0 Å². The van der Waals surface area contributed by atoms with Crippen LogP contribution in [0.4, 0.5) is 4.39 Å². The molecule has 0 spiro atoms. The minimum Gasteiger partial charge on any atom is -0.388 e. The van der Waals surface area contributed by atoms with Gasteiger partial charge in [0, 0.05) is 19.6 Å². The summed E-state index contributed by atoms with van der Waals surface area (Å²) < 4.78 is 44.5. The van der Waals surface area contributed by atoms with E-state index in [0.717, 1.165) is 6.07 Å². The molecular formula is C22H33FNO8P. The first-order valence-electron chi connectivity index (χ1n) is 10.8. The van der Waals surface area contributed by atoms with Crippen LogP contribution in [0, 0.1) is 18.2 Å². The van der Waals surface area contributed by atoms with Crippen LogP contribution in [0.2, 0.25) is 0 Å². The Bertz CT molecular complexity index is 990. The summed E-state index contributed by atoms with van der Waals surface area (Å²) >= 11 is 0. The molecule has 0 bridgehead atoms. The summed E-state index contributed by atoms with van der Waals surface area (Å²) in [6.45, 7) is 6.22. The molecule has 186 valence electrons. The van der Waals surface area contributed by atoms with E-state index < -0.39 is 54.3 Å². The molecule has 0 aliphatic carbocycles. The van der Waals surface area contributed by atoms with E-state index in [-0.39, 0.29) is 24.1 Å².